The summed E-state index contributed by atoms with van der Waals surface area (Å²) in [6.07, 6.45) is 9.44. The van der Waals surface area contributed by atoms with Crippen molar-refractivity contribution >= 4 is 66.5 Å². The number of nitro groups is 1. The van der Waals surface area contributed by atoms with E-state index < -0.39 is 36.9 Å². The highest BCUT2D eigenvalue weighted by Gasteiger charge is 2.33. The van der Waals surface area contributed by atoms with Gasteiger partial charge >= 0.3 is 5.69 Å². The number of aromatic nitrogens is 4. The van der Waals surface area contributed by atoms with Gasteiger partial charge in [0.1, 0.15) is 11.2 Å². The number of allylic oxidation sites excluding steroid dienone is 1. The fraction of sp³-hybridized carbons (Fsp3) is 0.388. The summed E-state index contributed by atoms with van der Waals surface area (Å²) in [5, 5.41) is 27.9. The van der Waals surface area contributed by atoms with Crippen molar-refractivity contribution in [3.05, 3.63) is 117 Å². The van der Waals surface area contributed by atoms with E-state index in [2.05, 4.69) is 56.7 Å². The van der Waals surface area contributed by atoms with Crippen LogP contribution in [-0.2, 0) is 10.0 Å². The highest BCUT2D eigenvalue weighted by atomic mass is 35.5. The SMILES string of the molecule is CC1(C)CCC(CN2CCN(c3ccc(C(=O)NS(=O)(=O)c4ccc(OCC5CCC(C)(C#N)CC5)c([N+](=O)[O-])c4)c(-n4ncc5nc6[nH]ccc6cc54)c3)CC2)=C(c2ccc(Cl)cc2)C1. The molecule has 3 aliphatic rings. The largest absolute Gasteiger partial charge is 0.487 e. The summed E-state index contributed by atoms with van der Waals surface area (Å²) in [7, 11) is -4.62. The lowest BCUT2D eigenvalue weighted by Crippen LogP contribution is -2.47. The summed E-state index contributed by atoms with van der Waals surface area (Å²) < 4.78 is 37.4. The summed E-state index contributed by atoms with van der Waals surface area (Å²) in [4.78, 5) is 37.8. The number of nitrogens with zero attached hydrogens (tertiary/aromatic N) is 7. The maximum absolute atomic E-state index is 14.2. The van der Waals surface area contributed by atoms with Crippen molar-refractivity contribution < 1.29 is 22.9 Å². The summed E-state index contributed by atoms with van der Waals surface area (Å²) in [5.74, 6) is -0.917. The van der Waals surface area contributed by atoms with Gasteiger partial charge in [0.25, 0.3) is 15.9 Å². The van der Waals surface area contributed by atoms with E-state index in [1.165, 1.54) is 28.8 Å². The molecular weight excluding hydrogens is 878 g/mol. The number of anilines is 1. The van der Waals surface area contributed by atoms with Crippen LogP contribution in [0.4, 0.5) is 11.4 Å². The number of carbonyl (C=O) groups is 1. The van der Waals surface area contributed by atoms with Gasteiger partial charge in [0.05, 0.1) is 50.9 Å². The summed E-state index contributed by atoms with van der Waals surface area (Å²) in [5.41, 5.74) is 6.43. The number of hydrogen-bond acceptors (Lipinski definition) is 11. The highest BCUT2D eigenvalue weighted by Crippen LogP contribution is 2.44. The fourth-order valence-electron chi connectivity index (χ4n) is 9.56. The van der Waals surface area contributed by atoms with Gasteiger partial charge in [0.15, 0.2) is 5.75 Å². The standard InChI is InChI=1S/C49H52ClN9O6S/c1-48(2)16-14-35(40(27-48)33-4-6-36(50)7-5-33)29-56-20-22-57(23-21-56)37-8-10-39(42(25-37)58-43-24-34-15-19-52-46(34)54-41(43)28-53-58)47(60)55-66(63,64)38-9-11-45(44(26-38)59(61)62)65-30-32-12-17-49(3,31-51)18-13-32/h4-11,15,19,24-26,28,32H,12-14,16-18,20-23,27,29-30H2,1-3H3,(H,52,54)(H,55,60). The number of nitriles is 1. The van der Waals surface area contributed by atoms with Crippen molar-refractivity contribution in [2.75, 3.05) is 44.2 Å². The number of sulfonamides is 1. The molecule has 1 saturated heterocycles. The average Bonchev–Trinajstić information content (AvgIpc) is 3.95. The summed E-state index contributed by atoms with van der Waals surface area (Å²) >= 11 is 6.26. The number of rotatable bonds is 12. The lowest BCUT2D eigenvalue weighted by atomic mass is 9.72. The second-order valence-corrected chi connectivity index (χ2v) is 21.1. The number of carbonyl (C=O) groups excluding carboxylic acids is 1. The Morgan fingerprint density at radius 1 is 1.02 bits per heavy atom. The molecule has 66 heavy (non-hydrogen) atoms. The normalized spacial score (nSPS) is 20.3. The molecule has 3 aromatic carbocycles. The molecule has 17 heteroatoms. The molecule has 0 bridgehead atoms. The van der Waals surface area contributed by atoms with E-state index in [1.807, 2.05) is 43.3 Å². The van der Waals surface area contributed by atoms with E-state index in [4.69, 9.17) is 21.3 Å². The first kappa shape index (κ1) is 44.9. The number of nitrogens with one attached hydrogen (secondary N) is 2. The number of piperazine rings is 1. The van der Waals surface area contributed by atoms with Crippen molar-refractivity contribution in [1.82, 2.24) is 29.4 Å². The van der Waals surface area contributed by atoms with Crippen LogP contribution in [0.2, 0.25) is 5.02 Å². The zero-order valence-electron chi connectivity index (χ0n) is 37.2. The minimum Gasteiger partial charge on any atom is -0.487 e. The Labute approximate surface area is 388 Å². The molecule has 0 spiro atoms. The minimum absolute atomic E-state index is 0.0245. The number of fused-ring (bicyclic) bond motifs is 2. The van der Waals surface area contributed by atoms with Crippen LogP contribution in [0, 0.1) is 38.2 Å². The monoisotopic (exact) mass is 929 g/mol. The molecule has 1 saturated carbocycles. The van der Waals surface area contributed by atoms with E-state index >= 15 is 0 Å². The zero-order valence-corrected chi connectivity index (χ0v) is 38.8. The Morgan fingerprint density at radius 3 is 2.50 bits per heavy atom. The summed E-state index contributed by atoms with van der Waals surface area (Å²) in [6, 6.07) is 22.9. The number of ether oxygens (including phenoxy) is 1. The predicted molar refractivity (Wildman–Crippen MR) is 254 cm³/mol. The smallest absolute Gasteiger partial charge is 0.312 e. The van der Waals surface area contributed by atoms with Crippen LogP contribution in [0.15, 0.2) is 95.7 Å². The van der Waals surface area contributed by atoms with Crippen molar-refractivity contribution in [1.29, 1.82) is 5.26 Å². The first-order valence-corrected chi connectivity index (χ1v) is 24.2. The van der Waals surface area contributed by atoms with E-state index in [0.717, 1.165) is 87.0 Å². The molecular formula is C49H52ClN9O6S. The third-order valence-electron chi connectivity index (χ3n) is 13.7. The molecule has 0 atom stereocenters. The Bertz CT molecular complexity index is 3030. The van der Waals surface area contributed by atoms with Crippen LogP contribution in [0.25, 0.3) is 33.3 Å². The number of halogens is 1. The maximum Gasteiger partial charge on any atom is 0.312 e. The topological polar surface area (TPSA) is 192 Å². The number of nitro benzene ring substituents is 1. The molecule has 0 unspecified atom stereocenters. The molecule has 2 N–H and O–H groups in total. The quantitative estimate of drug-likeness (QED) is 0.0877. The number of benzene rings is 3. The van der Waals surface area contributed by atoms with Crippen molar-refractivity contribution in [3.8, 4) is 17.5 Å². The fourth-order valence-corrected chi connectivity index (χ4v) is 10.7. The van der Waals surface area contributed by atoms with Crippen LogP contribution in [0.5, 0.6) is 5.75 Å². The van der Waals surface area contributed by atoms with Crippen molar-refractivity contribution in [2.24, 2.45) is 16.7 Å². The highest BCUT2D eigenvalue weighted by molar-refractivity contribution is 7.90. The molecule has 2 fully saturated rings. The maximum atomic E-state index is 14.2. The van der Waals surface area contributed by atoms with Crippen LogP contribution in [0.3, 0.4) is 0 Å². The third-order valence-corrected chi connectivity index (χ3v) is 15.2. The number of H-pyrrole nitrogens is 1. The van der Waals surface area contributed by atoms with Gasteiger partial charge in [-0.15, -0.1) is 0 Å². The van der Waals surface area contributed by atoms with E-state index in [1.54, 1.807) is 23.1 Å². The Hall–Kier alpha value is -6.28. The molecule has 1 amide bonds. The molecule has 1 aliphatic heterocycles. The van der Waals surface area contributed by atoms with Gasteiger partial charge in [-0.1, -0.05) is 43.2 Å². The molecule has 4 heterocycles. The van der Waals surface area contributed by atoms with E-state index in [-0.39, 0.29) is 29.3 Å². The predicted octanol–water partition coefficient (Wildman–Crippen LogP) is 9.47. The van der Waals surface area contributed by atoms with Gasteiger partial charge in [0, 0.05) is 61.1 Å². The number of pyridine rings is 1. The van der Waals surface area contributed by atoms with Gasteiger partial charge < -0.3 is 14.6 Å². The van der Waals surface area contributed by atoms with Gasteiger partial charge in [-0.3, -0.25) is 19.8 Å². The number of hydrogen-bond donors (Lipinski definition) is 2. The second kappa shape index (κ2) is 17.8. The van der Waals surface area contributed by atoms with Gasteiger partial charge in [-0.05, 0) is 129 Å². The molecule has 0 radical (unpaired) electrons. The van der Waals surface area contributed by atoms with E-state index in [9.17, 15) is 28.6 Å². The van der Waals surface area contributed by atoms with E-state index in [0.29, 0.717) is 35.2 Å². The minimum atomic E-state index is -4.62. The lowest BCUT2D eigenvalue weighted by molar-refractivity contribution is -0.386. The third kappa shape index (κ3) is 9.38. The van der Waals surface area contributed by atoms with Crippen LogP contribution >= 0.6 is 11.6 Å². The molecule has 2 aliphatic carbocycles. The average molecular weight is 931 g/mol. The van der Waals surface area contributed by atoms with Crippen LogP contribution < -0.4 is 14.4 Å². The van der Waals surface area contributed by atoms with Gasteiger partial charge in [-0.25, -0.2) is 22.8 Å². The first-order valence-electron chi connectivity index (χ1n) is 22.4. The van der Waals surface area contributed by atoms with Crippen LogP contribution in [0.1, 0.15) is 81.6 Å². The summed E-state index contributed by atoms with van der Waals surface area (Å²) in [6.45, 7) is 10.7. The zero-order chi connectivity index (χ0) is 46.4. The Balaban J connectivity index is 0.960. The Kier molecular flexibility index (Phi) is 12.1. The molecule has 15 nitrogen and oxygen atoms in total. The first-order chi connectivity index (χ1) is 31.6. The van der Waals surface area contributed by atoms with Crippen molar-refractivity contribution in [2.45, 2.75) is 70.6 Å². The molecule has 9 rings (SSSR count). The Morgan fingerprint density at radius 2 is 1.77 bits per heavy atom. The number of aromatic amines is 1. The van der Waals surface area contributed by atoms with Crippen LogP contribution in [-0.4, -0.2) is 83.2 Å². The lowest BCUT2D eigenvalue weighted by Gasteiger charge is -2.39. The second-order valence-electron chi connectivity index (χ2n) is 19.0. The number of amides is 1. The van der Waals surface area contributed by atoms with Gasteiger partial charge in [0.2, 0.25) is 0 Å². The molecule has 342 valence electrons. The van der Waals surface area contributed by atoms with Gasteiger partial charge in [-0.2, -0.15) is 10.4 Å². The molecule has 6 aromatic rings. The van der Waals surface area contributed by atoms with Crippen molar-refractivity contribution in [3.63, 3.8) is 0 Å². The molecule has 3 aromatic heterocycles.